The molecule has 0 aliphatic heterocycles. The van der Waals surface area contributed by atoms with Crippen LogP contribution in [0, 0.1) is 0 Å². The van der Waals surface area contributed by atoms with Crippen molar-refractivity contribution >= 4 is 25.0 Å². The van der Waals surface area contributed by atoms with E-state index in [1.165, 1.54) is 7.11 Å². The number of hydrogen-bond acceptors (Lipinski definition) is 4. The van der Waals surface area contributed by atoms with E-state index >= 15 is 0 Å². The molecule has 5 nitrogen and oxygen atoms in total. The van der Waals surface area contributed by atoms with Gasteiger partial charge in [-0.3, -0.25) is 0 Å². The third kappa shape index (κ3) is 2.24. The van der Waals surface area contributed by atoms with Crippen molar-refractivity contribution in [3.8, 4) is 17.0 Å². The third-order valence-electron chi connectivity index (χ3n) is 2.91. The van der Waals surface area contributed by atoms with Gasteiger partial charge in [0.15, 0.2) is 0 Å². The van der Waals surface area contributed by atoms with E-state index in [0.29, 0.717) is 4.44 Å². The molecule has 1 aromatic carbocycles. The molecule has 0 bridgehead atoms. The molecule has 0 N–H and O–H groups in total. The average molecular weight is 335 g/mol. The zero-order valence-corrected chi connectivity index (χ0v) is 12.7. The summed E-state index contributed by atoms with van der Waals surface area (Å²) < 4.78 is 13.4. The zero-order valence-electron chi connectivity index (χ0n) is 11.0. The normalized spacial score (nSPS) is 10.7. The number of carbonyl (C=O) groups excluding carboxylic acids is 1. The summed E-state index contributed by atoms with van der Waals surface area (Å²) in [6, 6.07) is 7.75. The fraction of sp³-hybridized carbons (Fsp3) is 0.143. The van der Waals surface area contributed by atoms with Gasteiger partial charge in [0.25, 0.3) is 0 Å². The summed E-state index contributed by atoms with van der Waals surface area (Å²) >= 11 is -0.107. The van der Waals surface area contributed by atoms with Crippen molar-refractivity contribution in [1.29, 1.82) is 0 Å². The number of hydrogen-bond donors (Lipinski definition) is 0. The van der Waals surface area contributed by atoms with Crippen LogP contribution in [0.3, 0.4) is 0 Å². The van der Waals surface area contributed by atoms with Crippen molar-refractivity contribution in [2.45, 2.75) is 0 Å². The molecule has 0 fully saturated rings. The third-order valence-corrected chi connectivity index (χ3v) is 4.96. The summed E-state index contributed by atoms with van der Waals surface area (Å²) in [5, 5.41) is 0. The second-order valence-corrected chi connectivity index (χ2v) is 6.25. The van der Waals surface area contributed by atoms with Gasteiger partial charge in [-0.25, -0.2) is 0 Å². The molecule has 3 aromatic rings. The Morgan fingerprint density at radius 3 is 2.85 bits per heavy atom. The fourth-order valence-corrected chi connectivity index (χ4v) is 3.77. The first-order valence-electron chi connectivity index (χ1n) is 5.92. The van der Waals surface area contributed by atoms with Crippen LogP contribution in [-0.2, 0) is 4.74 Å². The van der Waals surface area contributed by atoms with E-state index in [9.17, 15) is 4.79 Å². The molecule has 0 amide bonds. The maximum atomic E-state index is 11.5. The molecular weight excluding hydrogens is 323 g/mol. The molecule has 0 spiro atoms. The fourth-order valence-electron chi connectivity index (χ4n) is 1.91. The van der Waals surface area contributed by atoms with Crippen LogP contribution < -0.4 is 4.74 Å². The van der Waals surface area contributed by atoms with Crippen LogP contribution in [0.1, 0.15) is 9.23 Å². The molecule has 102 valence electrons. The van der Waals surface area contributed by atoms with E-state index in [1.807, 2.05) is 34.9 Å². The number of esters is 1. The molecule has 2 aromatic heterocycles. The molecule has 0 aliphatic carbocycles. The molecule has 3 rings (SSSR count). The summed E-state index contributed by atoms with van der Waals surface area (Å²) in [6.07, 6.45) is 3.71. The van der Waals surface area contributed by atoms with Gasteiger partial charge in [-0.15, -0.1) is 0 Å². The van der Waals surface area contributed by atoms with Gasteiger partial charge < -0.3 is 0 Å². The van der Waals surface area contributed by atoms with Crippen LogP contribution in [0.25, 0.3) is 15.8 Å². The van der Waals surface area contributed by atoms with Crippen LogP contribution in [0.5, 0.6) is 5.75 Å². The number of aromatic nitrogens is 2. The van der Waals surface area contributed by atoms with Gasteiger partial charge >= 0.3 is 121 Å². The molecule has 0 saturated heterocycles. The average Bonchev–Trinajstić information content (AvgIpc) is 3.05. The summed E-state index contributed by atoms with van der Waals surface area (Å²) in [6.45, 7) is 0. The van der Waals surface area contributed by atoms with E-state index in [-0.39, 0.29) is 20.5 Å². The van der Waals surface area contributed by atoms with Gasteiger partial charge in [-0.05, 0) is 0 Å². The number of fused-ring (bicyclic) bond motifs is 1. The Balaban J connectivity index is 2.01. The molecule has 20 heavy (non-hydrogen) atoms. The maximum absolute atomic E-state index is 11.5. The first kappa shape index (κ1) is 13.0. The molecule has 0 atom stereocenters. The topological polar surface area (TPSA) is 52.8 Å². The Labute approximate surface area is 121 Å². The Morgan fingerprint density at radius 2 is 2.15 bits per heavy atom. The molecule has 0 radical (unpaired) electrons. The number of nitrogens with zero attached hydrogens (tertiary/aromatic N) is 2. The van der Waals surface area contributed by atoms with Gasteiger partial charge in [0, 0.05) is 0 Å². The summed E-state index contributed by atoms with van der Waals surface area (Å²) in [5.74, 6) is 0.519. The Morgan fingerprint density at radius 1 is 1.30 bits per heavy atom. The predicted molar refractivity (Wildman–Crippen MR) is 75.5 cm³/mol. The van der Waals surface area contributed by atoms with Crippen molar-refractivity contribution in [1.82, 2.24) is 9.38 Å². The van der Waals surface area contributed by atoms with Crippen LogP contribution in [0.2, 0.25) is 0 Å². The monoisotopic (exact) mass is 336 g/mol. The number of methoxy groups -OCH3 is 2. The minimum atomic E-state index is -0.279. The molecule has 0 aliphatic rings. The molecule has 2 heterocycles. The predicted octanol–water partition coefficient (Wildman–Crippen LogP) is 1.85. The zero-order chi connectivity index (χ0) is 14.1. The van der Waals surface area contributed by atoms with E-state index in [2.05, 4.69) is 4.98 Å². The second kappa shape index (κ2) is 5.15. The molecule has 0 unspecified atom stereocenters. The minimum absolute atomic E-state index is 0.107. The molecule has 6 heteroatoms. The van der Waals surface area contributed by atoms with Gasteiger partial charge in [0.1, 0.15) is 0 Å². The van der Waals surface area contributed by atoms with E-state index in [1.54, 1.807) is 13.3 Å². The van der Waals surface area contributed by atoms with Crippen molar-refractivity contribution in [2.24, 2.45) is 0 Å². The van der Waals surface area contributed by atoms with Crippen LogP contribution in [0.15, 0.2) is 36.7 Å². The number of ether oxygens (including phenoxy) is 2. The first-order valence-corrected chi connectivity index (χ1v) is 7.64. The quantitative estimate of drug-likeness (QED) is 0.542. The van der Waals surface area contributed by atoms with Gasteiger partial charge in [-0.2, -0.15) is 0 Å². The van der Waals surface area contributed by atoms with Crippen molar-refractivity contribution in [3.63, 3.8) is 0 Å². The number of rotatable bonds is 3. The van der Waals surface area contributed by atoms with Crippen molar-refractivity contribution in [2.75, 3.05) is 14.2 Å². The van der Waals surface area contributed by atoms with Crippen LogP contribution in [0.4, 0.5) is 0 Å². The van der Waals surface area contributed by atoms with Crippen LogP contribution in [-0.4, -0.2) is 44.1 Å². The Bertz CT molecular complexity index is 744. The van der Waals surface area contributed by atoms with E-state index in [0.717, 1.165) is 21.5 Å². The van der Waals surface area contributed by atoms with Gasteiger partial charge in [0.2, 0.25) is 0 Å². The summed E-state index contributed by atoms with van der Waals surface area (Å²) in [5.41, 5.74) is 1.87. The second-order valence-electron chi connectivity index (χ2n) is 4.13. The first-order chi connectivity index (χ1) is 9.71. The number of benzene rings is 1. The van der Waals surface area contributed by atoms with E-state index < -0.39 is 0 Å². The van der Waals surface area contributed by atoms with Crippen molar-refractivity contribution in [3.05, 3.63) is 41.1 Å². The molecule has 0 saturated carbocycles. The summed E-state index contributed by atoms with van der Waals surface area (Å²) in [7, 11) is 3.03. The number of carbonyl (C=O) groups is 1. The van der Waals surface area contributed by atoms with Crippen LogP contribution >= 0.6 is 0 Å². The Hall–Kier alpha value is -2.04. The molecular formula is C14H12N2O3Se. The number of imidazole rings is 1. The summed E-state index contributed by atoms with van der Waals surface area (Å²) in [4.78, 5) is 16.1. The van der Waals surface area contributed by atoms with Gasteiger partial charge in [-0.1, -0.05) is 0 Å². The Kier molecular flexibility index (Phi) is 3.34. The SMILES string of the molecule is COC(=O)c1cn2cc(-c3cccc(OC)c3)nc2[se]1. The standard InChI is InChI=1S/C14H12N2O3Se/c1-18-10-5-3-4-9(6-10)11-7-16-8-12(13(17)19-2)20-14(16)15-11/h3-8H,1-2H3. The van der Waals surface area contributed by atoms with Crippen molar-refractivity contribution < 1.29 is 14.3 Å². The van der Waals surface area contributed by atoms with E-state index in [4.69, 9.17) is 9.47 Å². The van der Waals surface area contributed by atoms with Gasteiger partial charge in [0.05, 0.1) is 0 Å².